The second-order valence-electron chi connectivity index (χ2n) is 5.40. The monoisotopic (exact) mass is 253 g/mol. The molecule has 1 saturated heterocycles. The summed E-state index contributed by atoms with van der Waals surface area (Å²) < 4.78 is -0.217. The van der Waals surface area contributed by atoms with Crippen molar-refractivity contribution < 1.29 is 0 Å². The quantitative estimate of drug-likeness (QED) is 0.574. The minimum atomic E-state index is -0.217. The van der Waals surface area contributed by atoms with Gasteiger partial charge in [-0.15, -0.1) is 0 Å². The van der Waals surface area contributed by atoms with E-state index in [1.54, 1.807) is 0 Å². The van der Waals surface area contributed by atoms with E-state index in [1.165, 1.54) is 0 Å². The molecule has 3 atom stereocenters. The van der Waals surface area contributed by atoms with Crippen LogP contribution >= 0.6 is 0 Å². The standard InChI is InChI=1S/C17H19NO/c1-14-12-13-17(15-8-4-2-5-9-15)18(14,19)16-10-6-3-7-11-16/h2-11,14,17H,12-13H2,1H3/t14-,17-,18?/m1/s1. The second kappa shape index (κ2) is 4.80. The molecule has 1 heterocycles. The number of benzene rings is 2. The van der Waals surface area contributed by atoms with Crippen LogP contribution in [0.15, 0.2) is 60.7 Å². The average molecular weight is 253 g/mol. The zero-order chi connectivity index (χ0) is 13.3. The van der Waals surface area contributed by atoms with Crippen LogP contribution in [0.4, 0.5) is 5.69 Å². The molecule has 1 unspecified atom stereocenters. The van der Waals surface area contributed by atoms with Gasteiger partial charge >= 0.3 is 0 Å². The maximum absolute atomic E-state index is 13.5. The van der Waals surface area contributed by atoms with Crippen LogP contribution in [0.3, 0.4) is 0 Å². The van der Waals surface area contributed by atoms with E-state index in [9.17, 15) is 5.21 Å². The fourth-order valence-electron chi connectivity index (χ4n) is 3.25. The molecule has 0 saturated carbocycles. The predicted octanol–water partition coefficient (Wildman–Crippen LogP) is 4.42. The summed E-state index contributed by atoms with van der Waals surface area (Å²) in [6.07, 6.45) is 1.95. The molecule has 1 aliphatic rings. The van der Waals surface area contributed by atoms with Crippen LogP contribution in [0.25, 0.3) is 0 Å². The van der Waals surface area contributed by atoms with Crippen molar-refractivity contribution in [1.82, 2.24) is 4.65 Å². The fraction of sp³-hybridized carbons (Fsp3) is 0.294. The number of nitrogens with zero attached hydrogens (tertiary/aromatic N) is 1. The first-order chi connectivity index (χ1) is 9.23. The van der Waals surface area contributed by atoms with Crippen LogP contribution in [0, 0.1) is 5.21 Å². The maximum Gasteiger partial charge on any atom is 0.133 e. The molecule has 0 radical (unpaired) electrons. The largest absolute Gasteiger partial charge is 0.627 e. The first kappa shape index (κ1) is 12.4. The molecular formula is C17H19NO. The van der Waals surface area contributed by atoms with E-state index in [1.807, 2.05) is 48.5 Å². The first-order valence-electron chi connectivity index (χ1n) is 6.93. The SMILES string of the molecule is C[C@@H]1CC[C@H](c2ccccc2)[N+]1([O-])c1ccccc1. The minimum absolute atomic E-state index is 0.0265. The van der Waals surface area contributed by atoms with Crippen molar-refractivity contribution in [2.45, 2.75) is 31.8 Å². The van der Waals surface area contributed by atoms with E-state index in [0.29, 0.717) is 0 Å². The first-order valence-corrected chi connectivity index (χ1v) is 6.93. The lowest BCUT2D eigenvalue weighted by Crippen LogP contribution is -2.47. The van der Waals surface area contributed by atoms with Gasteiger partial charge in [-0.1, -0.05) is 48.5 Å². The molecule has 2 aromatic carbocycles. The van der Waals surface area contributed by atoms with Crippen LogP contribution < -0.4 is 4.65 Å². The van der Waals surface area contributed by atoms with Gasteiger partial charge in [-0.3, -0.25) is 0 Å². The van der Waals surface area contributed by atoms with Crippen LogP contribution in [-0.2, 0) is 0 Å². The number of rotatable bonds is 2. The Kier molecular flexibility index (Phi) is 3.13. The molecule has 0 N–H and O–H groups in total. The van der Waals surface area contributed by atoms with Gasteiger partial charge in [-0.05, 0) is 19.1 Å². The Bertz CT molecular complexity index is 540. The van der Waals surface area contributed by atoms with Gasteiger partial charge in [0.15, 0.2) is 0 Å². The van der Waals surface area contributed by atoms with Gasteiger partial charge in [0.25, 0.3) is 0 Å². The topological polar surface area (TPSA) is 23.1 Å². The maximum atomic E-state index is 13.5. The molecule has 2 nitrogen and oxygen atoms in total. The van der Waals surface area contributed by atoms with E-state index in [4.69, 9.17) is 0 Å². The van der Waals surface area contributed by atoms with E-state index in [2.05, 4.69) is 19.1 Å². The Hall–Kier alpha value is -1.64. The summed E-state index contributed by atoms with van der Waals surface area (Å²) in [6, 6.07) is 20.2. The molecule has 2 aromatic rings. The molecule has 2 heteroatoms. The molecule has 0 amide bonds. The van der Waals surface area contributed by atoms with Gasteiger partial charge in [-0.2, -0.15) is 0 Å². The smallest absolute Gasteiger partial charge is 0.133 e. The van der Waals surface area contributed by atoms with Crippen molar-refractivity contribution in [3.63, 3.8) is 0 Å². The van der Waals surface area contributed by atoms with E-state index < -0.39 is 0 Å². The number of para-hydroxylation sites is 1. The average Bonchev–Trinajstić information content (AvgIpc) is 2.78. The molecule has 1 aliphatic heterocycles. The third kappa shape index (κ3) is 1.97. The van der Waals surface area contributed by atoms with Gasteiger partial charge in [0.2, 0.25) is 0 Å². The summed E-state index contributed by atoms with van der Waals surface area (Å²) in [7, 11) is 0. The molecule has 0 aromatic heterocycles. The van der Waals surface area contributed by atoms with Crippen molar-refractivity contribution in [2.24, 2.45) is 0 Å². The minimum Gasteiger partial charge on any atom is -0.627 e. The Morgan fingerprint density at radius 1 is 0.895 bits per heavy atom. The Morgan fingerprint density at radius 3 is 2.11 bits per heavy atom. The summed E-state index contributed by atoms with van der Waals surface area (Å²) in [4.78, 5) is 0. The van der Waals surface area contributed by atoms with Gasteiger partial charge in [0, 0.05) is 18.4 Å². The number of hydroxylamine groups is 2. The zero-order valence-electron chi connectivity index (χ0n) is 11.2. The highest BCUT2D eigenvalue weighted by atomic mass is 16.6. The molecule has 3 rings (SSSR count). The molecule has 98 valence electrons. The summed E-state index contributed by atoms with van der Waals surface area (Å²) in [5, 5.41) is 13.5. The molecular weight excluding hydrogens is 234 g/mol. The van der Waals surface area contributed by atoms with Crippen molar-refractivity contribution in [3.05, 3.63) is 71.4 Å². The molecule has 0 spiro atoms. The van der Waals surface area contributed by atoms with Crippen molar-refractivity contribution in [1.29, 1.82) is 0 Å². The number of hydrogen-bond acceptors (Lipinski definition) is 1. The Labute approximate surface area is 114 Å². The third-order valence-corrected chi connectivity index (χ3v) is 4.32. The lowest BCUT2D eigenvalue weighted by Gasteiger charge is -2.47. The van der Waals surface area contributed by atoms with Crippen LogP contribution in [0.5, 0.6) is 0 Å². The molecule has 0 bridgehead atoms. The summed E-state index contributed by atoms with van der Waals surface area (Å²) in [5.41, 5.74) is 2.03. The molecule has 19 heavy (non-hydrogen) atoms. The highest BCUT2D eigenvalue weighted by molar-refractivity contribution is 5.48. The highest BCUT2D eigenvalue weighted by Crippen LogP contribution is 2.46. The van der Waals surface area contributed by atoms with Crippen LogP contribution in [0.1, 0.15) is 31.4 Å². The summed E-state index contributed by atoms with van der Waals surface area (Å²) >= 11 is 0. The van der Waals surface area contributed by atoms with Crippen LogP contribution in [0.2, 0.25) is 0 Å². The number of quaternary nitrogens is 1. The zero-order valence-corrected chi connectivity index (χ0v) is 11.2. The summed E-state index contributed by atoms with van der Waals surface area (Å²) in [5.74, 6) is 0. The third-order valence-electron chi connectivity index (χ3n) is 4.32. The van der Waals surface area contributed by atoms with E-state index >= 15 is 0 Å². The lowest BCUT2D eigenvalue weighted by molar-refractivity contribution is 0.292. The van der Waals surface area contributed by atoms with Crippen molar-refractivity contribution >= 4 is 5.69 Å². The van der Waals surface area contributed by atoms with Gasteiger partial charge < -0.3 is 9.85 Å². The number of hydrogen-bond donors (Lipinski definition) is 0. The van der Waals surface area contributed by atoms with Crippen molar-refractivity contribution in [3.8, 4) is 0 Å². The lowest BCUT2D eigenvalue weighted by atomic mass is 10.0. The van der Waals surface area contributed by atoms with Gasteiger partial charge in [-0.25, -0.2) is 0 Å². The molecule has 1 fully saturated rings. The Balaban J connectivity index is 2.06. The van der Waals surface area contributed by atoms with E-state index in [0.717, 1.165) is 24.1 Å². The van der Waals surface area contributed by atoms with Crippen LogP contribution in [-0.4, -0.2) is 6.04 Å². The second-order valence-corrected chi connectivity index (χ2v) is 5.40. The fourth-order valence-corrected chi connectivity index (χ4v) is 3.25. The summed E-state index contributed by atoms with van der Waals surface area (Å²) in [6.45, 7) is 2.07. The van der Waals surface area contributed by atoms with Crippen molar-refractivity contribution in [2.75, 3.05) is 0 Å². The van der Waals surface area contributed by atoms with E-state index in [-0.39, 0.29) is 16.7 Å². The Morgan fingerprint density at radius 2 is 1.47 bits per heavy atom. The normalized spacial score (nSPS) is 30.4. The van der Waals surface area contributed by atoms with Gasteiger partial charge in [0.05, 0.1) is 6.04 Å². The predicted molar refractivity (Wildman–Crippen MR) is 79.5 cm³/mol. The van der Waals surface area contributed by atoms with Gasteiger partial charge in [0.1, 0.15) is 11.7 Å². The highest BCUT2D eigenvalue weighted by Gasteiger charge is 2.43. The molecule has 0 aliphatic carbocycles.